The summed E-state index contributed by atoms with van der Waals surface area (Å²) in [6.45, 7) is 2.44. The molecule has 0 spiro atoms. The molecule has 0 radical (unpaired) electrons. The number of rotatable bonds is 7. The van der Waals surface area contributed by atoms with Crippen LogP contribution < -0.4 is 5.32 Å². The molecule has 0 aliphatic carbocycles. The van der Waals surface area contributed by atoms with Crippen LogP contribution in [-0.4, -0.2) is 26.4 Å². The number of carbonyl (C=O) groups is 1. The van der Waals surface area contributed by atoms with Gasteiger partial charge < -0.3 is 14.4 Å². The highest BCUT2D eigenvalue weighted by Gasteiger charge is 2.15. The molecule has 8 heteroatoms. The molecular formula is C22H19BrN4O2S. The Bertz CT molecular complexity index is 1140. The zero-order valence-electron chi connectivity index (χ0n) is 16.2. The van der Waals surface area contributed by atoms with Crippen molar-refractivity contribution >= 4 is 39.4 Å². The highest BCUT2D eigenvalue weighted by Crippen LogP contribution is 2.28. The molecule has 0 aliphatic heterocycles. The van der Waals surface area contributed by atoms with Crippen LogP contribution in [0.4, 0.5) is 5.82 Å². The van der Waals surface area contributed by atoms with Crippen molar-refractivity contribution in [2.45, 2.75) is 18.6 Å². The molecule has 6 nitrogen and oxygen atoms in total. The first-order valence-electron chi connectivity index (χ1n) is 9.30. The highest BCUT2D eigenvalue weighted by molar-refractivity contribution is 9.10. The number of amides is 1. The van der Waals surface area contributed by atoms with Crippen molar-refractivity contribution in [3.63, 3.8) is 0 Å². The maximum Gasteiger partial charge on any atom is 0.236 e. The van der Waals surface area contributed by atoms with Crippen LogP contribution in [0.25, 0.3) is 11.3 Å². The first kappa shape index (κ1) is 20.4. The molecule has 2 heterocycles. The van der Waals surface area contributed by atoms with Gasteiger partial charge in [-0.05, 0) is 30.2 Å². The van der Waals surface area contributed by atoms with Crippen LogP contribution in [-0.2, 0) is 11.3 Å². The van der Waals surface area contributed by atoms with Gasteiger partial charge in [-0.2, -0.15) is 0 Å². The summed E-state index contributed by atoms with van der Waals surface area (Å²) >= 11 is 4.87. The Labute approximate surface area is 186 Å². The minimum absolute atomic E-state index is 0.159. The largest absolute Gasteiger partial charge is 0.360 e. The molecule has 152 valence electrons. The van der Waals surface area contributed by atoms with E-state index in [1.165, 1.54) is 17.3 Å². The number of hydrogen-bond acceptors (Lipinski definition) is 5. The van der Waals surface area contributed by atoms with Gasteiger partial charge in [-0.1, -0.05) is 75.3 Å². The van der Waals surface area contributed by atoms with E-state index in [2.05, 4.69) is 60.2 Å². The number of thioether (sulfide) groups is 1. The van der Waals surface area contributed by atoms with Gasteiger partial charge in [-0.3, -0.25) is 4.79 Å². The van der Waals surface area contributed by atoms with Gasteiger partial charge >= 0.3 is 0 Å². The number of imidazole rings is 1. The molecule has 2 aromatic heterocycles. The van der Waals surface area contributed by atoms with E-state index in [9.17, 15) is 4.79 Å². The third-order valence-corrected chi connectivity index (χ3v) is 5.89. The van der Waals surface area contributed by atoms with Crippen LogP contribution in [0.3, 0.4) is 0 Å². The van der Waals surface area contributed by atoms with Crippen LogP contribution in [0, 0.1) is 6.92 Å². The van der Waals surface area contributed by atoms with E-state index in [1.807, 2.05) is 36.5 Å². The summed E-state index contributed by atoms with van der Waals surface area (Å²) in [6.07, 6.45) is 1.85. The molecule has 0 fully saturated rings. The number of halogens is 1. The predicted octanol–water partition coefficient (Wildman–Crippen LogP) is 5.39. The first-order chi connectivity index (χ1) is 14.6. The molecule has 0 saturated carbocycles. The maximum atomic E-state index is 12.3. The predicted molar refractivity (Wildman–Crippen MR) is 122 cm³/mol. The standard InChI is InChI=1S/C22H19BrN4O2S/c1-15-11-20(26-29-15)25-21(28)14-30-22-24-12-19(17-7-9-18(23)10-8-17)27(22)13-16-5-3-2-4-6-16/h2-12H,13-14H2,1H3,(H,25,26,28). The average Bonchev–Trinajstić information content (AvgIpc) is 3.34. The zero-order chi connectivity index (χ0) is 20.9. The molecule has 1 amide bonds. The second-order valence-electron chi connectivity index (χ2n) is 6.66. The third-order valence-electron chi connectivity index (χ3n) is 4.37. The van der Waals surface area contributed by atoms with Crippen LogP contribution in [0.2, 0.25) is 0 Å². The smallest absolute Gasteiger partial charge is 0.236 e. The molecule has 4 aromatic rings. The Morgan fingerprint density at radius 1 is 1.17 bits per heavy atom. The Balaban J connectivity index is 1.55. The maximum absolute atomic E-state index is 12.3. The summed E-state index contributed by atoms with van der Waals surface area (Å²) in [6, 6.07) is 20.0. The zero-order valence-corrected chi connectivity index (χ0v) is 18.6. The number of benzene rings is 2. The number of hydrogen-bond donors (Lipinski definition) is 1. The lowest BCUT2D eigenvalue weighted by Crippen LogP contribution is -2.15. The van der Waals surface area contributed by atoms with Crippen molar-refractivity contribution in [2.24, 2.45) is 0 Å². The fraction of sp³-hybridized carbons (Fsp3) is 0.136. The topological polar surface area (TPSA) is 73.0 Å². The van der Waals surface area contributed by atoms with E-state index in [4.69, 9.17) is 4.52 Å². The van der Waals surface area contributed by atoms with Crippen molar-refractivity contribution in [3.8, 4) is 11.3 Å². The summed E-state index contributed by atoms with van der Waals surface area (Å²) in [4.78, 5) is 16.9. The van der Waals surface area contributed by atoms with E-state index in [1.54, 1.807) is 13.0 Å². The fourth-order valence-corrected chi connectivity index (χ4v) is 4.02. The quantitative estimate of drug-likeness (QED) is 0.357. The van der Waals surface area contributed by atoms with Crippen molar-refractivity contribution in [1.29, 1.82) is 0 Å². The summed E-state index contributed by atoms with van der Waals surface area (Å²) in [5.74, 6) is 1.13. The van der Waals surface area contributed by atoms with Crippen molar-refractivity contribution < 1.29 is 9.32 Å². The van der Waals surface area contributed by atoms with Crippen molar-refractivity contribution in [3.05, 3.63) is 82.7 Å². The molecule has 0 bridgehead atoms. The molecule has 2 aromatic carbocycles. The monoisotopic (exact) mass is 482 g/mol. The lowest BCUT2D eigenvalue weighted by Gasteiger charge is -2.12. The highest BCUT2D eigenvalue weighted by atomic mass is 79.9. The lowest BCUT2D eigenvalue weighted by atomic mass is 10.1. The van der Waals surface area contributed by atoms with Gasteiger partial charge in [0.2, 0.25) is 5.91 Å². The molecule has 4 rings (SSSR count). The minimum Gasteiger partial charge on any atom is -0.360 e. The molecule has 0 atom stereocenters. The second-order valence-corrected chi connectivity index (χ2v) is 8.52. The van der Waals surface area contributed by atoms with Crippen LogP contribution >= 0.6 is 27.7 Å². The van der Waals surface area contributed by atoms with E-state index in [0.717, 1.165) is 20.9 Å². The Hall–Kier alpha value is -2.84. The summed E-state index contributed by atoms with van der Waals surface area (Å²) in [5, 5.41) is 7.31. The van der Waals surface area contributed by atoms with Gasteiger partial charge in [0.05, 0.1) is 24.2 Å². The van der Waals surface area contributed by atoms with Crippen molar-refractivity contribution in [2.75, 3.05) is 11.1 Å². The summed E-state index contributed by atoms with van der Waals surface area (Å²) in [7, 11) is 0. The van der Waals surface area contributed by atoms with Gasteiger partial charge in [-0.15, -0.1) is 0 Å². The summed E-state index contributed by atoms with van der Waals surface area (Å²) < 4.78 is 8.14. The molecular weight excluding hydrogens is 464 g/mol. The average molecular weight is 483 g/mol. The van der Waals surface area contributed by atoms with Gasteiger partial charge in [-0.25, -0.2) is 4.98 Å². The Kier molecular flexibility index (Phi) is 6.35. The number of aryl methyl sites for hydroxylation is 1. The van der Waals surface area contributed by atoms with E-state index in [0.29, 0.717) is 18.1 Å². The number of carbonyl (C=O) groups excluding carboxylic acids is 1. The van der Waals surface area contributed by atoms with E-state index < -0.39 is 0 Å². The number of aromatic nitrogens is 3. The lowest BCUT2D eigenvalue weighted by molar-refractivity contribution is -0.113. The van der Waals surface area contributed by atoms with Crippen LogP contribution in [0.1, 0.15) is 11.3 Å². The SMILES string of the molecule is Cc1cc(NC(=O)CSc2ncc(-c3ccc(Br)cc3)n2Cc2ccccc2)no1. The Morgan fingerprint density at radius 2 is 1.93 bits per heavy atom. The summed E-state index contributed by atoms with van der Waals surface area (Å²) in [5.41, 5.74) is 3.23. The number of nitrogens with zero attached hydrogens (tertiary/aromatic N) is 3. The molecule has 1 N–H and O–H groups in total. The molecule has 0 unspecified atom stereocenters. The van der Waals surface area contributed by atoms with Crippen LogP contribution in [0.15, 0.2) is 81.0 Å². The van der Waals surface area contributed by atoms with Crippen molar-refractivity contribution in [1.82, 2.24) is 14.7 Å². The van der Waals surface area contributed by atoms with Gasteiger partial charge in [0.1, 0.15) is 5.76 Å². The second kappa shape index (κ2) is 9.32. The third kappa shape index (κ3) is 5.01. The van der Waals surface area contributed by atoms with E-state index >= 15 is 0 Å². The number of nitrogens with one attached hydrogen (secondary N) is 1. The fourth-order valence-electron chi connectivity index (χ4n) is 2.98. The minimum atomic E-state index is -0.159. The number of anilines is 1. The first-order valence-corrected chi connectivity index (χ1v) is 11.1. The molecule has 0 aliphatic rings. The van der Waals surface area contributed by atoms with Gasteiger partial charge in [0, 0.05) is 10.5 Å². The molecule has 0 saturated heterocycles. The van der Waals surface area contributed by atoms with Gasteiger partial charge in [0.25, 0.3) is 0 Å². The molecule has 30 heavy (non-hydrogen) atoms. The van der Waals surface area contributed by atoms with Gasteiger partial charge in [0.15, 0.2) is 11.0 Å². The van der Waals surface area contributed by atoms with Crippen LogP contribution in [0.5, 0.6) is 0 Å². The normalized spacial score (nSPS) is 10.9. The Morgan fingerprint density at radius 3 is 2.63 bits per heavy atom. The van der Waals surface area contributed by atoms with E-state index in [-0.39, 0.29) is 11.7 Å².